The minimum atomic E-state index is -0.747. The summed E-state index contributed by atoms with van der Waals surface area (Å²) in [6.07, 6.45) is 0. The molecule has 1 aliphatic rings. The molecule has 1 aromatic carbocycles. The second-order valence-electron chi connectivity index (χ2n) is 2.99. The molecular formula is C9H8NO6-. The van der Waals surface area contributed by atoms with Crippen LogP contribution in [0.4, 0.5) is 5.69 Å². The first-order valence-electron chi connectivity index (χ1n) is 4.31. The van der Waals surface area contributed by atoms with Gasteiger partial charge in [-0.25, -0.2) is 4.79 Å². The second-order valence-corrected chi connectivity index (χ2v) is 2.99. The molecule has 0 atom stereocenters. The van der Waals surface area contributed by atoms with Crippen molar-refractivity contribution < 1.29 is 24.2 Å². The Balaban J connectivity index is 2.53. The minimum Gasteiger partial charge on any atom is -0.733 e. The van der Waals surface area contributed by atoms with E-state index < -0.39 is 11.2 Å². The standard InChI is InChI=1S/C9H8NO6/c1-14-9(11)5-2-7-8(16-4-15-7)3-6(5)10(12)13/h2-3,12H,4H2,1H3/q-1. The van der Waals surface area contributed by atoms with Crippen LogP contribution in [0.5, 0.6) is 11.5 Å². The van der Waals surface area contributed by atoms with E-state index in [1.807, 2.05) is 0 Å². The lowest BCUT2D eigenvalue weighted by Gasteiger charge is -2.23. The number of nitrogens with zero attached hydrogens (tertiary/aromatic N) is 1. The van der Waals surface area contributed by atoms with Crippen molar-refractivity contribution in [2.45, 2.75) is 0 Å². The molecule has 1 heterocycles. The highest BCUT2D eigenvalue weighted by molar-refractivity contribution is 5.97. The molecule has 1 aromatic rings. The molecule has 86 valence electrons. The average molecular weight is 226 g/mol. The van der Waals surface area contributed by atoms with Crippen LogP contribution in [-0.4, -0.2) is 25.1 Å². The largest absolute Gasteiger partial charge is 0.733 e. The first-order valence-corrected chi connectivity index (χ1v) is 4.31. The Bertz CT molecular complexity index is 430. The van der Waals surface area contributed by atoms with Gasteiger partial charge in [-0.05, 0) is 0 Å². The summed E-state index contributed by atoms with van der Waals surface area (Å²) < 4.78 is 14.5. The molecule has 0 aromatic heterocycles. The molecule has 0 bridgehead atoms. The molecule has 0 spiro atoms. The van der Waals surface area contributed by atoms with Gasteiger partial charge in [-0.1, -0.05) is 0 Å². The van der Waals surface area contributed by atoms with E-state index in [0.717, 1.165) is 0 Å². The molecule has 0 fully saturated rings. The molecule has 0 unspecified atom stereocenters. The normalized spacial score (nSPS) is 12.4. The zero-order valence-corrected chi connectivity index (χ0v) is 8.30. The lowest BCUT2D eigenvalue weighted by atomic mass is 10.1. The van der Waals surface area contributed by atoms with E-state index in [9.17, 15) is 10.0 Å². The molecule has 7 heteroatoms. The van der Waals surface area contributed by atoms with Gasteiger partial charge in [-0.3, -0.25) is 5.21 Å². The van der Waals surface area contributed by atoms with Crippen molar-refractivity contribution in [1.29, 1.82) is 0 Å². The second kappa shape index (κ2) is 3.87. The number of carbonyl (C=O) groups is 1. The maximum atomic E-state index is 11.3. The third-order valence-electron chi connectivity index (χ3n) is 2.10. The van der Waals surface area contributed by atoms with Crippen molar-refractivity contribution in [1.82, 2.24) is 0 Å². The van der Waals surface area contributed by atoms with Gasteiger partial charge in [0, 0.05) is 12.1 Å². The number of methoxy groups -OCH3 is 1. The fourth-order valence-electron chi connectivity index (χ4n) is 1.36. The lowest BCUT2D eigenvalue weighted by molar-refractivity contribution is 0.0599. The Labute approximate surface area is 90.3 Å². The van der Waals surface area contributed by atoms with E-state index in [4.69, 9.17) is 14.7 Å². The number of hydrogen-bond donors (Lipinski definition) is 1. The SMILES string of the molecule is COC(=O)c1cc2c(cc1N([O-])O)OCO2. The summed E-state index contributed by atoms with van der Waals surface area (Å²) in [4.78, 5) is 11.3. The highest BCUT2D eigenvalue weighted by Gasteiger charge is 2.21. The summed E-state index contributed by atoms with van der Waals surface area (Å²) in [6, 6.07) is 2.49. The van der Waals surface area contributed by atoms with Crippen LogP contribution in [0.25, 0.3) is 0 Å². The van der Waals surface area contributed by atoms with Gasteiger partial charge >= 0.3 is 5.97 Å². The maximum Gasteiger partial charge on any atom is 0.340 e. The van der Waals surface area contributed by atoms with E-state index in [-0.39, 0.29) is 23.8 Å². The van der Waals surface area contributed by atoms with E-state index in [0.29, 0.717) is 5.75 Å². The Morgan fingerprint density at radius 3 is 2.69 bits per heavy atom. The third kappa shape index (κ3) is 1.62. The maximum absolute atomic E-state index is 11.3. The van der Waals surface area contributed by atoms with Gasteiger partial charge in [0.25, 0.3) is 0 Å². The van der Waals surface area contributed by atoms with Gasteiger partial charge in [0.1, 0.15) is 0 Å². The fraction of sp³-hybridized carbons (Fsp3) is 0.222. The number of esters is 1. The van der Waals surface area contributed by atoms with Crippen LogP contribution in [0.1, 0.15) is 10.4 Å². The van der Waals surface area contributed by atoms with Crippen LogP contribution < -0.4 is 14.7 Å². The number of rotatable bonds is 2. The Morgan fingerprint density at radius 1 is 1.50 bits per heavy atom. The zero-order chi connectivity index (χ0) is 11.7. The smallest absolute Gasteiger partial charge is 0.340 e. The van der Waals surface area contributed by atoms with Crippen molar-refractivity contribution in [2.75, 3.05) is 19.1 Å². The summed E-state index contributed by atoms with van der Waals surface area (Å²) in [5, 5.41) is 19.3. The zero-order valence-electron chi connectivity index (χ0n) is 8.30. The quantitative estimate of drug-likeness (QED) is 0.591. The van der Waals surface area contributed by atoms with Crippen LogP contribution in [0.2, 0.25) is 0 Å². The molecule has 7 nitrogen and oxygen atoms in total. The molecule has 0 amide bonds. The number of hydrogen-bond acceptors (Lipinski definition) is 7. The molecular weight excluding hydrogens is 218 g/mol. The number of ether oxygens (including phenoxy) is 3. The van der Waals surface area contributed by atoms with E-state index in [1.54, 1.807) is 0 Å². The fourth-order valence-corrected chi connectivity index (χ4v) is 1.36. The Kier molecular flexibility index (Phi) is 2.55. The van der Waals surface area contributed by atoms with E-state index in [1.165, 1.54) is 19.2 Å². The van der Waals surface area contributed by atoms with Gasteiger partial charge in [-0.2, -0.15) is 0 Å². The topological polar surface area (TPSA) is 91.3 Å². The van der Waals surface area contributed by atoms with Crippen molar-refractivity contribution in [2.24, 2.45) is 0 Å². The van der Waals surface area contributed by atoms with Crippen LogP contribution in [0, 0.1) is 5.21 Å². The Hall–Kier alpha value is -1.99. The van der Waals surface area contributed by atoms with Crippen molar-refractivity contribution in [3.05, 3.63) is 22.9 Å². The lowest BCUT2D eigenvalue weighted by Crippen LogP contribution is -2.13. The van der Waals surface area contributed by atoms with Gasteiger partial charge < -0.3 is 24.6 Å². The van der Waals surface area contributed by atoms with Crippen LogP contribution in [0.15, 0.2) is 12.1 Å². The first-order chi connectivity index (χ1) is 7.63. The summed E-state index contributed by atoms with van der Waals surface area (Å²) in [5.41, 5.74) is -0.347. The van der Waals surface area contributed by atoms with Crippen LogP contribution in [0.3, 0.4) is 0 Å². The third-order valence-corrected chi connectivity index (χ3v) is 2.10. The summed E-state index contributed by atoms with van der Waals surface area (Å²) in [6.45, 7) is 0.00366. The average Bonchev–Trinajstić information content (AvgIpc) is 2.73. The van der Waals surface area contributed by atoms with Gasteiger partial charge in [0.2, 0.25) is 6.79 Å². The minimum absolute atomic E-state index is 0.00366. The summed E-state index contributed by atoms with van der Waals surface area (Å²) in [7, 11) is 1.17. The number of benzene rings is 1. The van der Waals surface area contributed by atoms with Crippen molar-refractivity contribution in [3.8, 4) is 11.5 Å². The predicted octanol–water partition coefficient (Wildman–Crippen LogP) is 0.895. The molecule has 1 N–H and O–H groups in total. The number of fused-ring (bicyclic) bond motifs is 1. The predicted molar refractivity (Wildman–Crippen MR) is 51.5 cm³/mol. The first kappa shape index (κ1) is 10.5. The van der Waals surface area contributed by atoms with E-state index >= 15 is 0 Å². The Morgan fingerprint density at radius 2 is 2.12 bits per heavy atom. The molecule has 1 aliphatic heterocycles. The molecule has 0 saturated carbocycles. The van der Waals surface area contributed by atoms with Crippen LogP contribution in [-0.2, 0) is 4.74 Å². The monoisotopic (exact) mass is 226 g/mol. The van der Waals surface area contributed by atoms with Gasteiger partial charge in [-0.15, -0.1) is 0 Å². The highest BCUT2D eigenvalue weighted by Crippen LogP contribution is 2.38. The van der Waals surface area contributed by atoms with E-state index in [2.05, 4.69) is 4.74 Å². The summed E-state index contributed by atoms with van der Waals surface area (Å²) >= 11 is 0. The molecule has 0 radical (unpaired) electrons. The van der Waals surface area contributed by atoms with Gasteiger partial charge in [0.15, 0.2) is 11.5 Å². The molecule has 0 saturated heterocycles. The van der Waals surface area contributed by atoms with Crippen molar-refractivity contribution in [3.63, 3.8) is 0 Å². The van der Waals surface area contributed by atoms with Crippen molar-refractivity contribution >= 4 is 11.7 Å². The molecule has 16 heavy (non-hydrogen) atoms. The molecule has 2 rings (SSSR count). The highest BCUT2D eigenvalue weighted by atomic mass is 16.8. The van der Waals surface area contributed by atoms with Crippen LogP contribution >= 0.6 is 0 Å². The molecule has 0 aliphatic carbocycles. The summed E-state index contributed by atoms with van der Waals surface area (Å²) in [5.74, 6) is -0.133. The number of anilines is 1. The van der Waals surface area contributed by atoms with Gasteiger partial charge in [0.05, 0.1) is 18.4 Å². The number of carbonyl (C=O) groups excluding carboxylic acids is 1.